The molecule has 0 radical (unpaired) electrons. The number of nitrogens with zero attached hydrogens (tertiary/aromatic N) is 2. The first-order chi connectivity index (χ1) is 10.2. The van der Waals surface area contributed by atoms with E-state index in [0.29, 0.717) is 6.54 Å². The Bertz CT molecular complexity index is 365. The third-order valence-corrected chi connectivity index (χ3v) is 3.45. The molecule has 1 aromatic rings. The molecule has 21 heavy (non-hydrogen) atoms. The van der Waals surface area contributed by atoms with Crippen LogP contribution in [0.2, 0.25) is 0 Å². The van der Waals surface area contributed by atoms with Gasteiger partial charge in [-0.05, 0) is 51.2 Å². The lowest BCUT2D eigenvalue weighted by Crippen LogP contribution is -2.33. The summed E-state index contributed by atoms with van der Waals surface area (Å²) in [6.07, 6.45) is 2.26. The summed E-state index contributed by atoms with van der Waals surface area (Å²) in [5.74, 6) is 0.933. The maximum absolute atomic E-state index is 5.78. The highest BCUT2D eigenvalue weighted by atomic mass is 16.5. The predicted molar refractivity (Wildman–Crippen MR) is 89.7 cm³/mol. The molecule has 0 saturated heterocycles. The van der Waals surface area contributed by atoms with Gasteiger partial charge in [-0.15, -0.1) is 0 Å². The van der Waals surface area contributed by atoms with Gasteiger partial charge in [-0.1, -0.05) is 19.1 Å². The fourth-order valence-electron chi connectivity index (χ4n) is 2.19. The topological polar surface area (TPSA) is 41.7 Å². The van der Waals surface area contributed by atoms with Crippen molar-refractivity contribution in [2.45, 2.75) is 26.3 Å². The Morgan fingerprint density at radius 2 is 1.71 bits per heavy atom. The first-order valence-corrected chi connectivity index (χ1v) is 7.94. The van der Waals surface area contributed by atoms with Gasteiger partial charge in [-0.3, -0.25) is 0 Å². The van der Waals surface area contributed by atoms with E-state index >= 15 is 0 Å². The molecule has 2 N–H and O–H groups in total. The van der Waals surface area contributed by atoms with Crippen molar-refractivity contribution < 1.29 is 4.74 Å². The minimum atomic E-state index is 0.581. The summed E-state index contributed by atoms with van der Waals surface area (Å²) in [7, 11) is 4.25. The summed E-state index contributed by atoms with van der Waals surface area (Å²) in [6.45, 7) is 8.09. The zero-order valence-electron chi connectivity index (χ0n) is 13.8. The van der Waals surface area contributed by atoms with Gasteiger partial charge >= 0.3 is 0 Å². The predicted octanol–water partition coefficient (Wildman–Crippen LogP) is 2.19. The van der Waals surface area contributed by atoms with Crippen molar-refractivity contribution in [3.05, 3.63) is 29.8 Å². The van der Waals surface area contributed by atoms with E-state index in [1.807, 2.05) is 24.3 Å². The lowest BCUT2D eigenvalue weighted by molar-refractivity contribution is 0.216. The minimum Gasteiger partial charge on any atom is -0.494 e. The highest BCUT2D eigenvalue weighted by molar-refractivity contribution is 5.26. The van der Waals surface area contributed by atoms with Crippen molar-refractivity contribution in [1.29, 1.82) is 0 Å². The highest BCUT2D eigenvalue weighted by Gasteiger charge is 2.04. The summed E-state index contributed by atoms with van der Waals surface area (Å²) in [5, 5.41) is 0. The van der Waals surface area contributed by atoms with Gasteiger partial charge in [0.25, 0.3) is 0 Å². The molecule has 0 aliphatic heterocycles. The molecule has 4 heteroatoms. The van der Waals surface area contributed by atoms with E-state index in [1.165, 1.54) is 13.0 Å². The molecule has 0 aliphatic rings. The molecule has 0 saturated carbocycles. The average molecular weight is 293 g/mol. The van der Waals surface area contributed by atoms with Crippen LogP contribution >= 0.6 is 0 Å². The van der Waals surface area contributed by atoms with Crippen molar-refractivity contribution in [1.82, 2.24) is 9.80 Å². The van der Waals surface area contributed by atoms with E-state index in [4.69, 9.17) is 10.5 Å². The van der Waals surface area contributed by atoms with E-state index in [1.54, 1.807) is 0 Å². The van der Waals surface area contributed by atoms with Crippen molar-refractivity contribution in [2.24, 2.45) is 5.73 Å². The number of rotatable bonds is 11. The van der Waals surface area contributed by atoms with Gasteiger partial charge in [0.05, 0.1) is 6.61 Å². The number of benzene rings is 1. The van der Waals surface area contributed by atoms with Gasteiger partial charge in [-0.25, -0.2) is 0 Å². The standard InChI is InChI=1S/C17H31N3O/c1-4-10-20(13-12-19(2)3)11-5-14-21-17-8-6-16(15-18)7-9-17/h6-9H,4-5,10-15,18H2,1-3H3. The van der Waals surface area contributed by atoms with E-state index in [2.05, 4.69) is 30.8 Å². The van der Waals surface area contributed by atoms with Crippen LogP contribution in [0.25, 0.3) is 0 Å². The average Bonchev–Trinajstić information content (AvgIpc) is 2.49. The third kappa shape index (κ3) is 8.05. The fraction of sp³-hybridized carbons (Fsp3) is 0.647. The van der Waals surface area contributed by atoms with Crippen LogP contribution < -0.4 is 10.5 Å². The van der Waals surface area contributed by atoms with Crippen LogP contribution in [0.15, 0.2) is 24.3 Å². The fourth-order valence-corrected chi connectivity index (χ4v) is 2.19. The molecule has 1 aromatic carbocycles. The third-order valence-electron chi connectivity index (χ3n) is 3.45. The van der Waals surface area contributed by atoms with Crippen LogP contribution in [0.3, 0.4) is 0 Å². The van der Waals surface area contributed by atoms with Gasteiger partial charge < -0.3 is 20.3 Å². The van der Waals surface area contributed by atoms with Crippen LogP contribution in [-0.4, -0.2) is 56.7 Å². The highest BCUT2D eigenvalue weighted by Crippen LogP contribution is 2.12. The molecule has 120 valence electrons. The lowest BCUT2D eigenvalue weighted by Gasteiger charge is -2.23. The molecule has 0 atom stereocenters. The summed E-state index contributed by atoms with van der Waals surface area (Å²) >= 11 is 0. The molecule has 0 fully saturated rings. The molecule has 4 nitrogen and oxygen atoms in total. The van der Waals surface area contributed by atoms with Crippen LogP contribution in [-0.2, 0) is 6.54 Å². The number of likely N-dealkylation sites (N-methyl/N-ethyl adjacent to an activating group) is 1. The van der Waals surface area contributed by atoms with Crippen LogP contribution in [0, 0.1) is 0 Å². The second-order valence-corrected chi connectivity index (χ2v) is 5.70. The number of nitrogens with two attached hydrogens (primary N) is 1. The number of hydrogen-bond acceptors (Lipinski definition) is 4. The maximum Gasteiger partial charge on any atom is 0.119 e. The molecule has 0 amide bonds. The first-order valence-electron chi connectivity index (χ1n) is 7.94. The maximum atomic E-state index is 5.78. The van der Waals surface area contributed by atoms with E-state index < -0.39 is 0 Å². The Morgan fingerprint density at radius 1 is 1.00 bits per heavy atom. The van der Waals surface area contributed by atoms with Crippen molar-refractivity contribution in [3.63, 3.8) is 0 Å². The Kier molecular flexibility index (Phi) is 9.06. The van der Waals surface area contributed by atoms with E-state index in [-0.39, 0.29) is 0 Å². The lowest BCUT2D eigenvalue weighted by atomic mass is 10.2. The van der Waals surface area contributed by atoms with Crippen LogP contribution in [0.4, 0.5) is 0 Å². The second-order valence-electron chi connectivity index (χ2n) is 5.70. The Morgan fingerprint density at radius 3 is 2.29 bits per heavy atom. The minimum absolute atomic E-state index is 0.581. The summed E-state index contributed by atoms with van der Waals surface area (Å²) in [5.41, 5.74) is 6.72. The zero-order chi connectivity index (χ0) is 15.5. The monoisotopic (exact) mass is 293 g/mol. The molecule has 0 aliphatic carbocycles. The van der Waals surface area contributed by atoms with Gasteiger partial charge in [0.1, 0.15) is 5.75 Å². The molecule has 1 rings (SSSR count). The molecular formula is C17H31N3O. The summed E-state index contributed by atoms with van der Waals surface area (Å²) in [6, 6.07) is 8.04. The van der Waals surface area contributed by atoms with E-state index in [0.717, 1.165) is 44.0 Å². The van der Waals surface area contributed by atoms with Crippen molar-refractivity contribution in [3.8, 4) is 5.75 Å². The zero-order valence-corrected chi connectivity index (χ0v) is 13.8. The molecule has 0 spiro atoms. The van der Waals surface area contributed by atoms with Crippen molar-refractivity contribution in [2.75, 3.05) is 46.9 Å². The summed E-state index contributed by atoms with van der Waals surface area (Å²) in [4.78, 5) is 4.75. The molecule has 0 unspecified atom stereocenters. The van der Waals surface area contributed by atoms with Crippen LogP contribution in [0.5, 0.6) is 5.75 Å². The van der Waals surface area contributed by atoms with Crippen molar-refractivity contribution >= 4 is 0 Å². The quantitative estimate of drug-likeness (QED) is 0.635. The smallest absolute Gasteiger partial charge is 0.119 e. The molecule has 0 heterocycles. The van der Waals surface area contributed by atoms with Gasteiger partial charge in [0, 0.05) is 26.2 Å². The van der Waals surface area contributed by atoms with E-state index in [9.17, 15) is 0 Å². The Balaban J connectivity index is 2.23. The largest absolute Gasteiger partial charge is 0.494 e. The Labute approximate surface area is 129 Å². The summed E-state index contributed by atoms with van der Waals surface area (Å²) < 4.78 is 5.78. The van der Waals surface area contributed by atoms with Gasteiger partial charge in [0.2, 0.25) is 0 Å². The normalized spacial score (nSPS) is 11.3. The second kappa shape index (κ2) is 10.6. The molecule has 0 aromatic heterocycles. The van der Waals surface area contributed by atoms with Gasteiger partial charge in [0.15, 0.2) is 0 Å². The first kappa shape index (κ1) is 18.0. The SMILES string of the molecule is CCCN(CCCOc1ccc(CN)cc1)CCN(C)C. The number of ether oxygens (including phenoxy) is 1. The number of hydrogen-bond donors (Lipinski definition) is 1. The Hall–Kier alpha value is -1.10. The molecule has 0 bridgehead atoms. The van der Waals surface area contributed by atoms with Crippen LogP contribution in [0.1, 0.15) is 25.3 Å². The van der Waals surface area contributed by atoms with Gasteiger partial charge in [-0.2, -0.15) is 0 Å². The molecular weight excluding hydrogens is 262 g/mol.